The van der Waals surface area contributed by atoms with Crippen LogP contribution < -0.4 is 4.74 Å². The zero-order valence-electron chi connectivity index (χ0n) is 9.86. The highest BCUT2D eigenvalue weighted by atomic mass is 16.5. The van der Waals surface area contributed by atoms with Crippen molar-refractivity contribution >= 4 is 6.08 Å². The first-order chi connectivity index (χ1) is 8.28. The molecule has 0 bridgehead atoms. The molecule has 1 aliphatic carbocycles. The van der Waals surface area contributed by atoms with Crippen LogP contribution in [0.15, 0.2) is 67.3 Å². The lowest BCUT2D eigenvalue weighted by Gasteiger charge is -2.30. The van der Waals surface area contributed by atoms with E-state index >= 15 is 0 Å². The zero-order valence-corrected chi connectivity index (χ0v) is 9.86. The fourth-order valence-corrected chi connectivity index (χ4v) is 1.92. The number of benzene rings is 1. The van der Waals surface area contributed by atoms with Gasteiger partial charge in [0.05, 0.1) is 0 Å². The van der Waals surface area contributed by atoms with Crippen molar-refractivity contribution in [1.29, 1.82) is 0 Å². The number of allylic oxidation sites excluding steroid dienone is 1. The third-order valence-electron chi connectivity index (χ3n) is 2.98. The van der Waals surface area contributed by atoms with Crippen LogP contribution in [0.3, 0.4) is 0 Å². The van der Waals surface area contributed by atoms with Gasteiger partial charge in [-0.15, -0.1) is 0 Å². The van der Waals surface area contributed by atoms with Crippen LogP contribution in [-0.2, 0) is 0 Å². The molecule has 0 aliphatic heterocycles. The standard InChI is InChI=1S/C16H16O/c1-4-12-7-9-14(10-8-12)17-16-11-13(5-2)15(16)6-3/h4-10,16H,1-3,11H2. The Morgan fingerprint density at radius 3 is 2.24 bits per heavy atom. The first kappa shape index (κ1) is 11.5. The molecule has 0 saturated carbocycles. The molecule has 2 rings (SSSR count). The molecule has 1 aliphatic rings. The van der Waals surface area contributed by atoms with Crippen molar-refractivity contribution in [1.82, 2.24) is 0 Å². The summed E-state index contributed by atoms with van der Waals surface area (Å²) >= 11 is 0. The second-order valence-electron chi connectivity index (χ2n) is 3.97. The molecule has 86 valence electrons. The fraction of sp³-hybridized carbons (Fsp3) is 0.125. The normalized spacial score (nSPS) is 18.2. The predicted molar refractivity (Wildman–Crippen MR) is 73.0 cm³/mol. The van der Waals surface area contributed by atoms with Gasteiger partial charge in [0.1, 0.15) is 11.9 Å². The molecular formula is C16H16O. The molecule has 1 unspecified atom stereocenters. The Labute approximate surface area is 102 Å². The molecule has 0 N–H and O–H groups in total. The van der Waals surface area contributed by atoms with Crippen molar-refractivity contribution in [2.24, 2.45) is 0 Å². The van der Waals surface area contributed by atoms with E-state index < -0.39 is 0 Å². The van der Waals surface area contributed by atoms with E-state index in [1.807, 2.05) is 42.5 Å². The Balaban J connectivity index is 2.08. The van der Waals surface area contributed by atoms with Gasteiger partial charge in [-0.05, 0) is 28.8 Å². The summed E-state index contributed by atoms with van der Waals surface area (Å²) in [5.41, 5.74) is 3.47. The zero-order chi connectivity index (χ0) is 12.3. The highest BCUT2D eigenvalue weighted by Crippen LogP contribution is 2.33. The summed E-state index contributed by atoms with van der Waals surface area (Å²) in [5, 5.41) is 0. The van der Waals surface area contributed by atoms with Crippen LogP contribution >= 0.6 is 0 Å². The fourth-order valence-electron chi connectivity index (χ4n) is 1.92. The van der Waals surface area contributed by atoms with E-state index in [2.05, 4.69) is 19.7 Å². The molecule has 0 fully saturated rings. The summed E-state index contributed by atoms with van der Waals surface area (Å²) in [6.45, 7) is 11.3. The third kappa shape index (κ3) is 2.23. The van der Waals surface area contributed by atoms with E-state index in [0.717, 1.165) is 23.3 Å². The lowest BCUT2D eigenvalue weighted by Crippen LogP contribution is -2.28. The Morgan fingerprint density at radius 2 is 1.71 bits per heavy atom. The van der Waals surface area contributed by atoms with Gasteiger partial charge >= 0.3 is 0 Å². The molecule has 0 spiro atoms. The average Bonchev–Trinajstić information content (AvgIpc) is 2.35. The molecule has 0 aromatic heterocycles. The molecule has 1 atom stereocenters. The van der Waals surface area contributed by atoms with Crippen LogP contribution in [0.4, 0.5) is 0 Å². The molecule has 1 heteroatoms. The van der Waals surface area contributed by atoms with Crippen molar-refractivity contribution in [2.45, 2.75) is 12.5 Å². The van der Waals surface area contributed by atoms with E-state index in [0.29, 0.717) is 0 Å². The van der Waals surface area contributed by atoms with Gasteiger partial charge in [0.15, 0.2) is 0 Å². The molecule has 0 amide bonds. The van der Waals surface area contributed by atoms with Crippen LogP contribution in [0.5, 0.6) is 5.75 Å². The van der Waals surface area contributed by atoms with Crippen molar-refractivity contribution < 1.29 is 4.74 Å². The van der Waals surface area contributed by atoms with E-state index in [1.54, 1.807) is 0 Å². The molecule has 1 aromatic rings. The summed E-state index contributed by atoms with van der Waals surface area (Å²) in [4.78, 5) is 0. The first-order valence-electron chi connectivity index (χ1n) is 5.65. The van der Waals surface area contributed by atoms with E-state index in [9.17, 15) is 0 Å². The Bertz CT molecular complexity index is 477. The molecule has 0 radical (unpaired) electrons. The van der Waals surface area contributed by atoms with Gasteiger partial charge in [0.25, 0.3) is 0 Å². The van der Waals surface area contributed by atoms with Crippen LogP contribution in [0.2, 0.25) is 0 Å². The lowest BCUT2D eigenvalue weighted by molar-refractivity contribution is 0.220. The Morgan fingerprint density at radius 1 is 1.00 bits per heavy atom. The number of ether oxygens (including phenoxy) is 1. The topological polar surface area (TPSA) is 9.23 Å². The summed E-state index contributed by atoms with van der Waals surface area (Å²) in [6, 6.07) is 7.91. The van der Waals surface area contributed by atoms with Gasteiger partial charge in [-0.25, -0.2) is 0 Å². The smallest absolute Gasteiger partial charge is 0.128 e. The molecular weight excluding hydrogens is 208 g/mol. The number of hydrogen-bond donors (Lipinski definition) is 0. The summed E-state index contributed by atoms with van der Waals surface area (Å²) < 4.78 is 5.87. The average molecular weight is 224 g/mol. The molecule has 1 nitrogen and oxygen atoms in total. The lowest BCUT2D eigenvalue weighted by atomic mass is 9.85. The van der Waals surface area contributed by atoms with E-state index in [1.165, 1.54) is 5.57 Å². The van der Waals surface area contributed by atoms with Crippen LogP contribution in [0.1, 0.15) is 12.0 Å². The Hall–Kier alpha value is -2.02. The minimum atomic E-state index is 0.120. The largest absolute Gasteiger partial charge is 0.485 e. The summed E-state index contributed by atoms with van der Waals surface area (Å²) in [6.07, 6.45) is 6.57. The molecule has 0 heterocycles. The highest BCUT2D eigenvalue weighted by molar-refractivity contribution is 5.49. The quantitative estimate of drug-likeness (QED) is 0.730. The maximum atomic E-state index is 5.87. The predicted octanol–water partition coefficient (Wildman–Crippen LogP) is 4.15. The van der Waals surface area contributed by atoms with Crippen LogP contribution in [0, 0.1) is 0 Å². The van der Waals surface area contributed by atoms with Crippen molar-refractivity contribution in [2.75, 3.05) is 0 Å². The number of rotatable bonds is 5. The van der Waals surface area contributed by atoms with Crippen LogP contribution in [0.25, 0.3) is 6.08 Å². The second kappa shape index (κ2) is 4.88. The summed E-state index contributed by atoms with van der Waals surface area (Å²) in [5.74, 6) is 0.878. The summed E-state index contributed by atoms with van der Waals surface area (Å²) in [7, 11) is 0. The van der Waals surface area contributed by atoms with E-state index in [-0.39, 0.29) is 6.10 Å². The minimum Gasteiger partial charge on any atom is -0.485 e. The monoisotopic (exact) mass is 224 g/mol. The van der Waals surface area contributed by atoms with Gasteiger partial charge in [0.2, 0.25) is 0 Å². The van der Waals surface area contributed by atoms with Gasteiger partial charge < -0.3 is 4.74 Å². The number of hydrogen-bond acceptors (Lipinski definition) is 1. The molecule has 17 heavy (non-hydrogen) atoms. The first-order valence-corrected chi connectivity index (χ1v) is 5.65. The SMILES string of the molecule is C=CC1=C(C=C)C(Oc2ccc(C=C)cc2)C1. The van der Waals surface area contributed by atoms with Gasteiger partial charge in [0, 0.05) is 6.42 Å². The Kier molecular flexibility index (Phi) is 3.29. The van der Waals surface area contributed by atoms with Crippen molar-refractivity contribution in [3.63, 3.8) is 0 Å². The van der Waals surface area contributed by atoms with Crippen molar-refractivity contribution in [3.05, 3.63) is 72.9 Å². The van der Waals surface area contributed by atoms with Crippen molar-refractivity contribution in [3.8, 4) is 5.75 Å². The van der Waals surface area contributed by atoms with Gasteiger partial charge in [-0.2, -0.15) is 0 Å². The second-order valence-corrected chi connectivity index (χ2v) is 3.97. The highest BCUT2D eigenvalue weighted by Gasteiger charge is 2.27. The third-order valence-corrected chi connectivity index (χ3v) is 2.98. The maximum Gasteiger partial charge on any atom is 0.128 e. The van der Waals surface area contributed by atoms with Gasteiger partial charge in [-0.1, -0.05) is 50.1 Å². The van der Waals surface area contributed by atoms with Gasteiger partial charge in [-0.3, -0.25) is 0 Å². The maximum absolute atomic E-state index is 5.87. The van der Waals surface area contributed by atoms with Crippen LogP contribution in [-0.4, -0.2) is 6.10 Å². The molecule has 1 aromatic carbocycles. The minimum absolute atomic E-state index is 0.120. The van der Waals surface area contributed by atoms with E-state index in [4.69, 9.17) is 4.74 Å². The molecule has 0 saturated heterocycles.